The van der Waals surface area contributed by atoms with Crippen molar-refractivity contribution in [2.24, 2.45) is 5.92 Å². The zero-order chi connectivity index (χ0) is 24.9. The molecule has 4 heterocycles. The van der Waals surface area contributed by atoms with Crippen molar-refractivity contribution in [2.75, 3.05) is 44.7 Å². The number of piperidine rings is 1. The van der Waals surface area contributed by atoms with Gasteiger partial charge in [0.15, 0.2) is 0 Å². The lowest BCUT2D eigenvalue weighted by atomic mass is 9.93. The Bertz CT molecular complexity index is 1020. The molecule has 3 aliphatic heterocycles. The summed E-state index contributed by atoms with van der Waals surface area (Å²) in [5, 5.41) is 2.97. The number of amides is 3. The molecule has 36 heavy (non-hydrogen) atoms. The summed E-state index contributed by atoms with van der Waals surface area (Å²) in [6.45, 7) is 6.43. The molecule has 1 N–H and O–H groups in total. The second-order valence-corrected chi connectivity index (χ2v) is 10.2. The molecular formula is C28H36N4O4. The van der Waals surface area contributed by atoms with Crippen LogP contribution in [0.1, 0.15) is 49.3 Å². The second kappa shape index (κ2) is 11.3. The number of nitrogens with zero attached hydrogens (tertiary/aromatic N) is 3. The maximum atomic E-state index is 12.6. The van der Waals surface area contributed by atoms with Crippen LogP contribution in [0.3, 0.4) is 0 Å². The number of aromatic nitrogens is 1. The number of anilines is 1. The number of likely N-dealkylation sites (tertiary alicyclic amines) is 2. The summed E-state index contributed by atoms with van der Waals surface area (Å²) in [6, 6.07) is 11.6. The Hall–Kier alpha value is -3.13. The van der Waals surface area contributed by atoms with Gasteiger partial charge in [-0.15, -0.1) is 0 Å². The average Bonchev–Trinajstić information content (AvgIpc) is 2.86. The smallest absolute Gasteiger partial charge is 0.321 e. The summed E-state index contributed by atoms with van der Waals surface area (Å²) in [5.41, 5.74) is 2.93. The van der Waals surface area contributed by atoms with Gasteiger partial charge in [0.25, 0.3) is 0 Å². The maximum absolute atomic E-state index is 12.6. The lowest BCUT2D eigenvalue weighted by molar-refractivity contribution is -0.134. The average molecular weight is 493 g/mol. The van der Waals surface area contributed by atoms with Crippen LogP contribution in [0, 0.1) is 12.8 Å². The van der Waals surface area contributed by atoms with Gasteiger partial charge in [-0.05, 0) is 61.6 Å². The molecule has 1 aromatic heterocycles. The third-order valence-electron chi connectivity index (χ3n) is 7.58. The molecule has 192 valence electrons. The van der Waals surface area contributed by atoms with Crippen molar-refractivity contribution in [1.82, 2.24) is 14.8 Å². The number of pyridine rings is 1. The van der Waals surface area contributed by atoms with Crippen molar-refractivity contribution >= 4 is 17.6 Å². The molecule has 1 aromatic carbocycles. The number of carbonyl (C=O) groups is 2. The van der Waals surface area contributed by atoms with E-state index >= 15 is 0 Å². The monoisotopic (exact) mass is 492 g/mol. The van der Waals surface area contributed by atoms with Crippen LogP contribution in [0.2, 0.25) is 0 Å². The first kappa shape index (κ1) is 24.6. The molecule has 0 bridgehead atoms. The minimum absolute atomic E-state index is 0.0854. The molecule has 0 radical (unpaired) electrons. The predicted octanol–water partition coefficient (Wildman–Crippen LogP) is 4.21. The Morgan fingerprint density at radius 2 is 1.72 bits per heavy atom. The highest BCUT2D eigenvalue weighted by molar-refractivity contribution is 5.90. The molecule has 3 saturated heterocycles. The van der Waals surface area contributed by atoms with Crippen LogP contribution in [0.25, 0.3) is 0 Å². The highest BCUT2D eigenvalue weighted by atomic mass is 16.5. The fraction of sp³-hybridized carbons (Fsp3) is 0.536. The summed E-state index contributed by atoms with van der Waals surface area (Å²) in [5.74, 6) is 1.87. The standard InChI is InChI=1S/C28H36N4O4/c1-20-2-3-22(17-29-20)23-18-32(19-23)28(34)30-24-4-6-25(7-5-24)36-26-8-12-31(13-9-26)27(33)16-21-10-14-35-15-11-21/h2-7,17,21,23,26H,8-16,18-19H2,1H3,(H,30,34). The van der Waals surface area contributed by atoms with E-state index in [9.17, 15) is 9.59 Å². The lowest BCUT2D eigenvalue weighted by Gasteiger charge is -2.39. The molecule has 3 aliphatic rings. The summed E-state index contributed by atoms with van der Waals surface area (Å²) >= 11 is 0. The first-order chi connectivity index (χ1) is 17.5. The molecule has 0 unspecified atom stereocenters. The number of ether oxygens (including phenoxy) is 2. The van der Waals surface area contributed by atoms with Crippen molar-refractivity contribution in [3.05, 3.63) is 53.9 Å². The lowest BCUT2D eigenvalue weighted by Crippen LogP contribution is -2.50. The van der Waals surface area contributed by atoms with Crippen LogP contribution in [0.5, 0.6) is 5.75 Å². The van der Waals surface area contributed by atoms with Crippen molar-refractivity contribution < 1.29 is 19.1 Å². The van der Waals surface area contributed by atoms with E-state index in [4.69, 9.17) is 9.47 Å². The second-order valence-electron chi connectivity index (χ2n) is 10.2. The van der Waals surface area contributed by atoms with Gasteiger partial charge in [0.1, 0.15) is 11.9 Å². The van der Waals surface area contributed by atoms with E-state index in [2.05, 4.69) is 16.4 Å². The van der Waals surface area contributed by atoms with E-state index in [-0.39, 0.29) is 18.0 Å². The minimum Gasteiger partial charge on any atom is -0.490 e. The first-order valence-electron chi connectivity index (χ1n) is 13.1. The number of nitrogens with one attached hydrogen (secondary N) is 1. The van der Waals surface area contributed by atoms with E-state index < -0.39 is 0 Å². The van der Waals surface area contributed by atoms with Crippen molar-refractivity contribution in [1.29, 1.82) is 0 Å². The van der Waals surface area contributed by atoms with E-state index in [1.54, 1.807) is 0 Å². The molecular weight excluding hydrogens is 456 g/mol. The molecule has 8 nitrogen and oxygen atoms in total. The largest absolute Gasteiger partial charge is 0.490 e. The number of urea groups is 1. The predicted molar refractivity (Wildman–Crippen MR) is 137 cm³/mol. The number of rotatable bonds is 6. The number of hydrogen-bond donors (Lipinski definition) is 1. The van der Waals surface area contributed by atoms with Crippen LogP contribution in [-0.2, 0) is 9.53 Å². The molecule has 8 heteroatoms. The summed E-state index contributed by atoms with van der Waals surface area (Å²) in [4.78, 5) is 33.4. The third kappa shape index (κ3) is 6.16. The number of carbonyl (C=O) groups excluding carboxylic acids is 2. The van der Waals surface area contributed by atoms with Crippen molar-refractivity contribution in [3.8, 4) is 5.75 Å². The molecule has 2 aromatic rings. The normalized spacial score (nSPS) is 19.6. The molecule has 3 fully saturated rings. The van der Waals surface area contributed by atoms with Gasteiger partial charge in [-0.1, -0.05) is 6.07 Å². The molecule has 0 aliphatic carbocycles. The SMILES string of the molecule is Cc1ccc(C2CN(C(=O)Nc3ccc(OC4CCN(C(=O)CC5CCOCC5)CC4)cc3)C2)cn1. The highest BCUT2D eigenvalue weighted by Crippen LogP contribution is 2.28. The highest BCUT2D eigenvalue weighted by Gasteiger charge is 2.32. The van der Waals surface area contributed by atoms with E-state index in [0.717, 1.165) is 69.1 Å². The number of benzene rings is 1. The van der Waals surface area contributed by atoms with Gasteiger partial charge in [0.2, 0.25) is 5.91 Å². The van der Waals surface area contributed by atoms with Gasteiger partial charge in [-0.3, -0.25) is 9.78 Å². The Morgan fingerprint density at radius 3 is 2.39 bits per heavy atom. The first-order valence-corrected chi connectivity index (χ1v) is 13.1. The molecule has 0 saturated carbocycles. The van der Waals surface area contributed by atoms with Crippen LogP contribution in [0.4, 0.5) is 10.5 Å². The zero-order valence-corrected chi connectivity index (χ0v) is 21.0. The topological polar surface area (TPSA) is 84.0 Å². The van der Waals surface area contributed by atoms with Crippen LogP contribution in [-0.4, -0.2) is 72.2 Å². The van der Waals surface area contributed by atoms with Gasteiger partial charge in [-0.2, -0.15) is 0 Å². The van der Waals surface area contributed by atoms with Gasteiger partial charge >= 0.3 is 6.03 Å². The molecule has 3 amide bonds. The Balaban J connectivity index is 1.02. The Kier molecular flexibility index (Phi) is 7.70. The summed E-state index contributed by atoms with van der Waals surface area (Å²) in [7, 11) is 0. The van der Waals surface area contributed by atoms with Gasteiger partial charge < -0.3 is 24.6 Å². The van der Waals surface area contributed by atoms with Crippen LogP contribution < -0.4 is 10.1 Å². The molecule has 0 spiro atoms. The van der Waals surface area contributed by atoms with E-state index in [1.807, 2.05) is 53.3 Å². The maximum Gasteiger partial charge on any atom is 0.321 e. The molecule has 0 atom stereocenters. The Morgan fingerprint density at radius 1 is 1.00 bits per heavy atom. The van der Waals surface area contributed by atoms with Gasteiger partial charge in [-0.25, -0.2) is 4.79 Å². The fourth-order valence-corrected chi connectivity index (χ4v) is 5.14. The quantitative estimate of drug-likeness (QED) is 0.653. The summed E-state index contributed by atoms with van der Waals surface area (Å²) in [6.07, 6.45) is 6.31. The van der Waals surface area contributed by atoms with Crippen LogP contribution in [0.15, 0.2) is 42.6 Å². The van der Waals surface area contributed by atoms with E-state index in [0.29, 0.717) is 31.3 Å². The number of aryl methyl sites for hydroxylation is 1. The fourth-order valence-electron chi connectivity index (χ4n) is 5.14. The minimum atomic E-state index is -0.0854. The van der Waals surface area contributed by atoms with Crippen molar-refractivity contribution in [3.63, 3.8) is 0 Å². The van der Waals surface area contributed by atoms with E-state index in [1.165, 1.54) is 5.56 Å². The molecule has 5 rings (SSSR count). The zero-order valence-electron chi connectivity index (χ0n) is 21.0. The summed E-state index contributed by atoms with van der Waals surface area (Å²) < 4.78 is 11.6. The third-order valence-corrected chi connectivity index (χ3v) is 7.58. The number of hydrogen-bond acceptors (Lipinski definition) is 5. The Labute approximate surface area is 213 Å². The van der Waals surface area contributed by atoms with Crippen LogP contribution >= 0.6 is 0 Å². The van der Waals surface area contributed by atoms with Crippen molar-refractivity contribution in [2.45, 2.75) is 51.0 Å². The van der Waals surface area contributed by atoms with Gasteiger partial charge in [0, 0.05) is 82.2 Å². The van der Waals surface area contributed by atoms with Gasteiger partial charge in [0.05, 0.1) is 0 Å².